The molecule has 0 aromatic heterocycles. The fourth-order valence-electron chi connectivity index (χ4n) is 1.55. The Bertz CT molecular complexity index is 726. The zero-order chi connectivity index (χ0) is 14.7. The summed E-state index contributed by atoms with van der Waals surface area (Å²) in [6, 6.07) is 10.1. The number of rotatable bonds is 2. The predicted octanol–water partition coefficient (Wildman–Crippen LogP) is 4.26. The largest absolute Gasteiger partial charge is 0.319 e. The monoisotopic (exact) mass is 308 g/mol. The minimum absolute atomic E-state index is 0.0370. The van der Waals surface area contributed by atoms with Crippen LogP contribution in [0.3, 0.4) is 0 Å². The average Bonchev–Trinajstić information content (AvgIpc) is 2.44. The molecule has 1 N–H and O–H groups in total. The van der Waals surface area contributed by atoms with E-state index in [4.69, 9.17) is 28.5 Å². The highest BCUT2D eigenvalue weighted by Crippen LogP contribution is 2.26. The molecular weight excluding hydrogens is 302 g/mol. The van der Waals surface area contributed by atoms with E-state index in [1.165, 1.54) is 18.2 Å². The molecule has 0 aliphatic heterocycles. The van der Waals surface area contributed by atoms with Crippen molar-refractivity contribution >= 4 is 34.8 Å². The number of benzene rings is 2. The van der Waals surface area contributed by atoms with Crippen molar-refractivity contribution in [3.63, 3.8) is 0 Å². The summed E-state index contributed by atoms with van der Waals surface area (Å²) in [6.45, 7) is 0. The number of hydrogen-bond acceptors (Lipinski definition) is 2. The van der Waals surface area contributed by atoms with Gasteiger partial charge in [-0.2, -0.15) is 5.26 Å². The van der Waals surface area contributed by atoms with Gasteiger partial charge in [0.2, 0.25) is 0 Å². The molecule has 0 unspecified atom stereocenters. The normalized spacial score (nSPS) is 9.90. The smallest absolute Gasteiger partial charge is 0.257 e. The first kappa shape index (κ1) is 14.3. The molecule has 0 aliphatic rings. The van der Waals surface area contributed by atoms with E-state index in [0.29, 0.717) is 0 Å². The number of hydrogen-bond donors (Lipinski definition) is 1. The van der Waals surface area contributed by atoms with Crippen molar-refractivity contribution < 1.29 is 9.18 Å². The summed E-state index contributed by atoms with van der Waals surface area (Å²) >= 11 is 11.7. The van der Waals surface area contributed by atoms with Gasteiger partial charge in [0.1, 0.15) is 5.82 Å². The maximum atomic E-state index is 13.7. The van der Waals surface area contributed by atoms with E-state index in [1.807, 2.05) is 0 Å². The highest BCUT2D eigenvalue weighted by molar-refractivity contribution is 6.44. The molecule has 0 saturated carbocycles. The Kier molecular flexibility index (Phi) is 4.23. The van der Waals surface area contributed by atoms with Crippen LogP contribution in [0.2, 0.25) is 10.0 Å². The van der Waals surface area contributed by atoms with Crippen molar-refractivity contribution in [1.82, 2.24) is 0 Å². The number of anilines is 1. The first-order valence-electron chi connectivity index (χ1n) is 5.48. The van der Waals surface area contributed by atoms with Crippen molar-refractivity contribution in [2.24, 2.45) is 0 Å². The van der Waals surface area contributed by atoms with Crippen LogP contribution < -0.4 is 5.32 Å². The topological polar surface area (TPSA) is 52.9 Å². The van der Waals surface area contributed by atoms with E-state index < -0.39 is 11.7 Å². The Morgan fingerprint density at radius 3 is 2.65 bits per heavy atom. The first-order valence-corrected chi connectivity index (χ1v) is 6.23. The van der Waals surface area contributed by atoms with E-state index in [-0.39, 0.29) is 26.9 Å². The molecule has 2 aromatic carbocycles. The molecule has 0 saturated heterocycles. The molecular formula is C14H7Cl2FN2O. The summed E-state index contributed by atoms with van der Waals surface area (Å²) < 4.78 is 13.7. The van der Waals surface area contributed by atoms with Gasteiger partial charge in [-0.1, -0.05) is 29.3 Å². The van der Waals surface area contributed by atoms with Crippen LogP contribution in [-0.2, 0) is 0 Å². The summed E-state index contributed by atoms with van der Waals surface area (Å²) in [6.07, 6.45) is 0. The van der Waals surface area contributed by atoms with Crippen molar-refractivity contribution in [3.8, 4) is 6.07 Å². The van der Waals surface area contributed by atoms with Crippen molar-refractivity contribution in [3.05, 3.63) is 63.4 Å². The van der Waals surface area contributed by atoms with Crippen LogP contribution >= 0.6 is 23.2 Å². The highest BCUT2D eigenvalue weighted by Gasteiger charge is 2.14. The third-order valence-electron chi connectivity index (χ3n) is 2.54. The molecule has 100 valence electrons. The number of nitrogens with zero attached hydrogens (tertiary/aromatic N) is 1. The Morgan fingerprint density at radius 2 is 2.00 bits per heavy atom. The van der Waals surface area contributed by atoms with Gasteiger partial charge in [-0.15, -0.1) is 0 Å². The minimum atomic E-state index is -0.699. The molecule has 0 heterocycles. The van der Waals surface area contributed by atoms with Gasteiger partial charge in [0, 0.05) is 0 Å². The van der Waals surface area contributed by atoms with Gasteiger partial charge < -0.3 is 5.32 Å². The molecule has 20 heavy (non-hydrogen) atoms. The molecule has 2 aromatic rings. The van der Waals surface area contributed by atoms with Crippen LogP contribution in [0.25, 0.3) is 0 Å². The third-order valence-corrected chi connectivity index (χ3v) is 3.36. The lowest BCUT2D eigenvalue weighted by Gasteiger charge is -2.08. The zero-order valence-electron chi connectivity index (χ0n) is 9.95. The highest BCUT2D eigenvalue weighted by atomic mass is 35.5. The number of nitrogens with one attached hydrogen (secondary N) is 1. The van der Waals surface area contributed by atoms with Crippen molar-refractivity contribution in [2.45, 2.75) is 0 Å². The third kappa shape index (κ3) is 2.90. The van der Waals surface area contributed by atoms with Crippen LogP contribution in [0.5, 0.6) is 0 Å². The molecule has 0 aliphatic carbocycles. The molecule has 0 spiro atoms. The molecule has 2 rings (SSSR count). The Morgan fingerprint density at radius 1 is 1.25 bits per heavy atom. The van der Waals surface area contributed by atoms with Gasteiger partial charge in [0.25, 0.3) is 5.91 Å². The van der Waals surface area contributed by atoms with Gasteiger partial charge in [-0.3, -0.25) is 4.79 Å². The van der Waals surface area contributed by atoms with Gasteiger partial charge in [-0.25, -0.2) is 4.39 Å². The second-order valence-electron chi connectivity index (χ2n) is 3.86. The quantitative estimate of drug-likeness (QED) is 0.901. The Labute approximate surface area is 124 Å². The van der Waals surface area contributed by atoms with E-state index in [9.17, 15) is 9.18 Å². The summed E-state index contributed by atoms with van der Waals surface area (Å²) in [5, 5.41) is 11.4. The number of carbonyl (C=O) groups excluding carboxylic acids is 1. The molecule has 6 heteroatoms. The molecule has 3 nitrogen and oxygen atoms in total. The van der Waals surface area contributed by atoms with E-state index >= 15 is 0 Å². The van der Waals surface area contributed by atoms with E-state index in [0.717, 1.165) is 6.07 Å². The number of amides is 1. The Balaban J connectivity index is 2.29. The van der Waals surface area contributed by atoms with Crippen LogP contribution in [0.1, 0.15) is 15.9 Å². The Hall–Kier alpha value is -2.09. The molecule has 0 radical (unpaired) electrons. The summed E-state index contributed by atoms with van der Waals surface area (Å²) in [5.74, 6) is -1.28. The second-order valence-corrected chi connectivity index (χ2v) is 4.65. The van der Waals surface area contributed by atoms with Crippen molar-refractivity contribution in [1.29, 1.82) is 5.26 Å². The average molecular weight is 309 g/mol. The molecule has 0 atom stereocenters. The number of halogens is 3. The SMILES string of the molecule is N#Cc1ccc(NC(=O)c2cccc(Cl)c2Cl)c(F)c1. The lowest BCUT2D eigenvalue weighted by molar-refractivity contribution is 0.102. The number of carbonyl (C=O) groups is 1. The van der Waals surface area contributed by atoms with Crippen LogP contribution in [0.15, 0.2) is 36.4 Å². The summed E-state index contributed by atoms with van der Waals surface area (Å²) in [4.78, 5) is 12.0. The van der Waals surface area contributed by atoms with E-state index in [1.54, 1.807) is 18.2 Å². The molecule has 1 amide bonds. The van der Waals surface area contributed by atoms with E-state index in [2.05, 4.69) is 5.32 Å². The van der Waals surface area contributed by atoms with Crippen LogP contribution in [-0.4, -0.2) is 5.91 Å². The van der Waals surface area contributed by atoms with Gasteiger partial charge in [0.15, 0.2) is 0 Å². The second kappa shape index (κ2) is 5.91. The van der Waals surface area contributed by atoms with Gasteiger partial charge in [-0.05, 0) is 30.3 Å². The molecule has 0 bridgehead atoms. The van der Waals surface area contributed by atoms with Crippen molar-refractivity contribution in [2.75, 3.05) is 5.32 Å². The zero-order valence-corrected chi connectivity index (χ0v) is 11.5. The maximum Gasteiger partial charge on any atom is 0.257 e. The lowest BCUT2D eigenvalue weighted by Crippen LogP contribution is -2.13. The summed E-state index contributed by atoms with van der Waals surface area (Å²) in [7, 11) is 0. The van der Waals surface area contributed by atoms with Crippen LogP contribution in [0.4, 0.5) is 10.1 Å². The minimum Gasteiger partial charge on any atom is -0.319 e. The van der Waals surface area contributed by atoms with Gasteiger partial charge in [0.05, 0.1) is 32.9 Å². The lowest BCUT2D eigenvalue weighted by atomic mass is 10.2. The fourth-order valence-corrected chi connectivity index (χ4v) is 1.94. The summed E-state index contributed by atoms with van der Waals surface area (Å²) in [5.41, 5.74) is 0.272. The predicted molar refractivity (Wildman–Crippen MR) is 75.5 cm³/mol. The number of nitriles is 1. The maximum absolute atomic E-state index is 13.7. The first-order chi connectivity index (χ1) is 9.52. The standard InChI is InChI=1S/C14H7Cl2FN2O/c15-10-3-1-2-9(13(10)16)14(20)19-12-5-4-8(7-18)6-11(12)17/h1-6H,(H,19,20). The van der Waals surface area contributed by atoms with Gasteiger partial charge >= 0.3 is 0 Å². The van der Waals surface area contributed by atoms with Crippen LogP contribution in [0, 0.1) is 17.1 Å². The molecule has 0 fully saturated rings. The fraction of sp³-hybridized carbons (Fsp3) is 0.